The zero-order chi connectivity index (χ0) is 14.1. The van der Waals surface area contributed by atoms with Crippen molar-refractivity contribution in [1.29, 1.82) is 0 Å². The highest BCUT2D eigenvalue weighted by atomic mass is 32.2. The van der Waals surface area contributed by atoms with Crippen molar-refractivity contribution in [3.05, 3.63) is 40.6 Å². The molecule has 0 aliphatic carbocycles. The van der Waals surface area contributed by atoms with Crippen LogP contribution in [0.15, 0.2) is 40.2 Å². The highest BCUT2D eigenvalue weighted by molar-refractivity contribution is 7.99. The molecule has 2 aromatic heterocycles. The number of hydrogen-bond acceptors (Lipinski definition) is 4. The quantitative estimate of drug-likeness (QED) is 0.749. The molecule has 0 fully saturated rings. The molecule has 0 aliphatic rings. The molecule has 1 N–H and O–H groups in total. The molecule has 0 saturated carbocycles. The third-order valence-electron chi connectivity index (χ3n) is 2.87. The SMILES string of the molecule is Cc1ccc2nc(SCC(=O)O)n(-c3ccsc3)c2c1. The fraction of sp³-hybridized carbons (Fsp3) is 0.143. The minimum absolute atomic E-state index is 0.00639. The second-order valence-corrected chi connectivity index (χ2v) is 6.11. The van der Waals surface area contributed by atoms with Crippen molar-refractivity contribution in [1.82, 2.24) is 9.55 Å². The Morgan fingerprint density at radius 3 is 3.00 bits per heavy atom. The van der Waals surface area contributed by atoms with Gasteiger partial charge < -0.3 is 5.11 Å². The Hall–Kier alpha value is -1.79. The van der Waals surface area contributed by atoms with Crippen molar-refractivity contribution in [3.8, 4) is 5.69 Å². The van der Waals surface area contributed by atoms with Gasteiger partial charge in [-0.15, -0.1) is 0 Å². The first-order valence-corrected chi connectivity index (χ1v) is 7.94. The molecule has 0 saturated heterocycles. The molecule has 1 aromatic carbocycles. The van der Waals surface area contributed by atoms with Crippen molar-refractivity contribution in [2.24, 2.45) is 0 Å². The number of thiophene rings is 1. The van der Waals surface area contributed by atoms with E-state index in [1.165, 1.54) is 11.8 Å². The first-order valence-electron chi connectivity index (χ1n) is 6.01. The van der Waals surface area contributed by atoms with Crippen LogP contribution in [0, 0.1) is 6.92 Å². The van der Waals surface area contributed by atoms with E-state index in [1.54, 1.807) is 11.3 Å². The summed E-state index contributed by atoms with van der Waals surface area (Å²) in [7, 11) is 0. The molecule has 0 radical (unpaired) electrons. The first kappa shape index (κ1) is 13.2. The lowest BCUT2D eigenvalue weighted by Gasteiger charge is -2.05. The fourth-order valence-corrected chi connectivity index (χ4v) is 3.39. The topological polar surface area (TPSA) is 55.1 Å². The molecule has 6 heteroatoms. The molecule has 0 amide bonds. The van der Waals surface area contributed by atoms with Crippen LogP contribution < -0.4 is 0 Å². The number of fused-ring (bicyclic) bond motifs is 1. The Balaban J connectivity index is 2.17. The second kappa shape index (κ2) is 5.30. The number of imidazole rings is 1. The van der Waals surface area contributed by atoms with Gasteiger partial charge in [0.1, 0.15) is 0 Å². The smallest absolute Gasteiger partial charge is 0.313 e. The minimum atomic E-state index is -0.838. The Morgan fingerprint density at radius 2 is 2.30 bits per heavy atom. The van der Waals surface area contributed by atoms with Gasteiger partial charge >= 0.3 is 5.97 Å². The van der Waals surface area contributed by atoms with Crippen LogP contribution in [-0.4, -0.2) is 26.4 Å². The predicted octanol–water partition coefficient (Wildman–Crippen LogP) is 3.57. The summed E-state index contributed by atoms with van der Waals surface area (Å²) >= 11 is 2.85. The van der Waals surface area contributed by atoms with Crippen molar-refractivity contribution in [2.75, 3.05) is 5.75 Å². The summed E-state index contributed by atoms with van der Waals surface area (Å²) in [5, 5.41) is 13.6. The minimum Gasteiger partial charge on any atom is -0.481 e. The number of rotatable bonds is 4. The van der Waals surface area contributed by atoms with Crippen LogP contribution in [0.4, 0.5) is 0 Å². The predicted molar refractivity (Wildman–Crippen MR) is 82.0 cm³/mol. The normalized spacial score (nSPS) is 11.1. The molecular formula is C14H12N2O2S2. The van der Waals surface area contributed by atoms with E-state index in [0.717, 1.165) is 22.3 Å². The lowest BCUT2D eigenvalue weighted by Crippen LogP contribution is -2.01. The van der Waals surface area contributed by atoms with E-state index >= 15 is 0 Å². The average Bonchev–Trinajstić information content (AvgIpc) is 3.02. The zero-order valence-electron chi connectivity index (χ0n) is 10.7. The molecule has 3 rings (SSSR count). The number of aryl methyl sites for hydroxylation is 1. The summed E-state index contributed by atoms with van der Waals surface area (Å²) < 4.78 is 2.02. The lowest BCUT2D eigenvalue weighted by molar-refractivity contribution is -0.133. The number of carbonyl (C=O) groups is 1. The molecule has 0 unspecified atom stereocenters. The third-order valence-corrected chi connectivity index (χ3v) is 4.46. The molecule has 0 spiro atoms. The van der Waals surface area contributed by atoms with Crippen LogP contribution in [0.25, 0.3) is 16.7 Å². The van der Waals surface area contributed by atoms with E-state index in [4.69, 9.17) is 5.11 Å². The number of nitrogens with zero attached hydrogens (tertiary/aromatic N) is 2. The van der Waals surface area contributed by atoms with E-state index in [-0.39, 0.29) is 5.75 Å². The van der Waals surface area contributed by atoms with E-state index in [9.17, 15) is 4.79 Å². The monoisotopic (exact) mass is 304 g/mol. The highest BCUT2D eigenvalue weighted by Gasteiger charge is 2.14. The van der Waals surface area contributed by atoms with Crippen molar-refractivity contribution >= 4 is 40.1 Å². The second-order valence-electron chi connectivity index (χ2n) is 4.39. The highest BCUT2D eigenvalue weighted by Crippen LogP contribution is 2.29. The maximum atomic E-state index is 10.8. The van der Waals surface area contributed by atoms with Gasteiger partial charge in [-0.2, -0.15) is 11.3 Å². The van der Waals surface area contributed by atoms with Gasteiger partial charge in [0.15, 0.2) is 5.16 Å². The summed E-state index contributed by atoms with van der Waals surface area (Å²) in [5.41, 5.74) is 4.07. The maximum Gasteiger partial charge on any atom is 0.313 e. The van der Waals surface area contributed by atoms with Crippen molar-refractivity contribution in [3.63, 3.8) is 0 Å². The van der Waals surface area contributed by atoms with E-state index in [0.29, 0.717) is 5.16 Å². The Kier molecular flexibility index (Phi) is 3.50. The number of carboxylic acid groups (broad SMARTS) is 1. The molecule has 0 aliphatic heterocycles. The number of carboxylic acids is 1. The van der Waals surface area contributed by atoms with Crippen LogP contribution in [0.2, 0.25) is 0 Å². The lowest BCUT2D eigenvalue weighted by atomic mass is 10.2. The van der Waals surface area contributed by atoms with Crippen LogP contribution >= 0.6 is 23.1 Å². The Bertz CT molecular complexity index is 763. The molecule has 4 nitrogen and oxygen atoms in total. The van der Waals surface area contributed by atoms with Gasteiger partial charge in [0.05, 0.1) is 22.5 Å². The van der Waals surface area contributed by atoms with Crippen LogP contribution in [0.1, 0.15) is 5.56 Å². The van der Waals surface area contributed by atoms with Gasteiger partial charge in [-0.3, -0.25) is 9.36 Å². The van der Waals surface area contributed by atoms with E-state index in [2.05, 4.69) is 11.1 Å². The molecular weight excluding hydrogens is 292 g/mol. The first-order chi connectivity index (χ1) is 9.65. The Labute approximate surface area is 124 Å². The number of aliphatic carboxylic acids is 1. The van der Waals surface area contributed by atoms with Crippen molar-refractivity contribution < 1.29 is 9.90 Å². The van der Waals surface area contributed by atoms with Gasteiger partial charge in [0, 0.05) is 5.38 Å². The molecule has 0 atom stereocenters. The number of thioether (sulfide) groups is 1. The number of benzene rings is 1. The van der Waals surface area contributed by atoms with Gasteiger partial charge in [-0.25, -0.2) is 4.98 Å². The van der Waals surface area contributed by atoms with Gasteiger partial charge in [-0.05, 0) is 36.1 Å². The average molecular weight is 304 g/mol. The van der Waals surface area contributed by atoms with Gasteiger partial charge in [0.25, 0.3) is 0 Å². The summed E-state index contributed by atoms with van der Waals surface area (Å²) in [4.78, 5) is 15.3. The van der Waals surface area contributed by atoms with Crippen LogP contribution in [-0.2, 0) is 4.79 Å². The van der Waals surface area contributed by atoms with E-state index in [1.807, 2.05) is 40.5 Å². The molecule has 3 aromatic rings. The number of aromatic nitrogens is 2. The number of hydrogen-bond donors (Lipinski definition) is 1. The zero-order valence-corrected chi connectivity index (χ0v) is 12.4. The largest absolute Gasteiger partial charge is 0.481 e. The summed E-state index contributed by atoms with van der Waals surface area (Å²) in [6.45, 7) is 2.04. The van der Waals surface area contributed by atoms with Crippen LogP contribution in [0.5, 0.6) is 0 Å². The van der Waals surface area contributed by atoms with E-state index < -0.39 is 5.97 Å². The molecule has 20 heavy (non-hydrogen) atoms. The summed E-state index contributed by atoms with van der Waals surface area (Å²) in [5.74, 6) is -0.831. The van der Waals surface area contributed by atoms with Crippen LogP contribution in [0.3, 0.4) is 0 Å². The Morgan fingerprint density at radius 1 is 1.45 bits per heavy atom. The fourth-order valence-electron chi connectivity index (χ4n) is 2.02. The van der Waals surface area contributed by atoms with Gasteiger partial charge in [-0.1, -0.05) is 17.8 Å². The third kappa shape index (κ3) is 2.44. The van der Waals surface area contributed by atoms with Crippen molar-refractivity contribution in [2.45, 2.75) is 12.1 Å². The van der Waals surface area contributed by atoms with Gasteiger partial charge in [0.2, 0.25) is 0 Å². The standard InChI is InChI=1S/C14H12N2O2S2/c1-9-2-3-11-12(6-9)16(10-4-5-19-7-10)14(15-11)20-8-13(17)18/h2-7H,8H2,1H3,(H,17,18). The molecule has 102 valence electrons. The molecule has 2 heterocycles. The molecule has 0 bridgehead atoms. The summed E-state index contributed by atoms with van der Waals surface area (Å²) in [6, 6.07) is 8.07. The summed E-state index contributed by atoms with van der Waals surface area (Å²) in [6.07, 6.45) is 0. The maximum absolute atomic E-state index is 10.8.